The Bertz CT molecular complexity index is 263. The Morgan fingerprint density at radius 3 is 2.29 bits per heavy atom. The summed E-state index contributed by atoms with van der Waals surface area (Å²) >= 11 is 0. The molecular formula is C13H26N2O2. The molecule has 1 rings (SSSR count). The van der Waals surface area contributed by atoms with E-state index in [9.17, 15) is 4.79 Å². The second-order valence-electron chi connectivity index (χ2n) is 6.00. The molecule has 4 nitrogen and oxygen atoms in total. The van der Waals surface area contributed by atoms with Gasteiger partial charge in [-0.1, -0.05) is 6.92 Å². The van der Waals surface area contributed by atoms with Gasteiger partial charge in [0.1, 0.15) is 11.1 Å². The van der Waals surface area contributed by atoms with E-state index in [1.54, 1.807) is 0 Å². The second-order valence-corrected chi connectivity index (χ2v) is 6.00. The van der Waals surface area contributed by atoms with Crippen LogP contribution >= 0.6 is 0 Å². The average Bonchev–Trinajstić information content (AvgIpc) is 2.19. The molecule has 2 N–H and O–H groups in total. The highest BCUT2D eigenvalue weighted by molar-refractivity contribution is 5.81. The lowest BCUT2D eigenvalue weighted by molar-refractivity contribution is -0.163. The van der Waals surface area contributed by atoms with Gasteiger partial charge in [-0.3, -0.25) is 4.79 Å². The number of nitrogens with zero attached hydrogens (tertiary/aromatic N) is 1. The molecule has 1 aliphatic rings. The number of esters is 1. The van der Waals surface area contributed by atoms with Crippen molar-refractivity contribution in [1.29, 1.82) is 0 Å². The third-order valence-electron chi connectivity index (χ3n) is 3.09. The minimum absolute atomic E-state index is 0.249. The van der Waals surface area contributed by atoms with Crippen LogP contribution in [-0.4, -0.2) is 41.6 Å². The Labute approximate surface area is 104 Å². The number of hydrogen-bond acceptors (Lipinski definition) is 4. The minimum Gasteiger partial charge on any atom is -0.459 e. The third kappa shape index (κ3) is 4.28. The number of rotatable bonds is 3. The fourth-order valence-electron chi connectivity index (χ4n) is 2.08. The first-order valence-electron chi connectivity index (χ1n) is 6.51. The highest BCUT2D eigenvalue weighted by atomic mass is 16.6. The van der Waals surface area contributed by atoms with Crippen LogP contribution in [0.25, 0.3) is 0 Å². The molecule has 0 amide bonds. The maximum Gasteiger partial charge on any atom is 0.326 e. The van der Waals surface area contributed by atoms with Gasteiger partial charge in [0.15, 0.2) is 0 Å². The van der Waals surface area contributed by atoms with E-state index in [1.807, 2.05) is 20.8 Å². The van der Waals surface area contributed by atoms with Gasteiger partial charge in [0.2, 0.25) is 0 Å². The number of carbonyl (C=O) groups is 1. The number of nitrogens with two attached hydrogens (primary N) is 1. The van der Waals surface area contributed by atoms with E-state index in [-0.39, 0.29) is 5.97 Å². The van der Waals surface area contributed by atoms with Crippen molar-refractivity contribution in [3.63, 3.8) is 0 Å². The van der Waals surface area contributed by atoms with Crippen LogP contribution < -0.4 is 5.73 Å². The van der Waals surface area contributed by atoms with Gasteiger partial charge in [-0.25, -0.2) is 0 Å². The van der Waals surface area contributed by atoms with Crippen molar-refractivity contribution >= 4 is 5.97 Å². The van der Waals surface area contributed by atoms with Crippen LogP contribution in [-0.2, 0) is 9.53 Å². The van der Waals surface area contributed by atoms with Crippen molar-refractivity contribution < 1.29 is 9.53 Å². The molecule has 0 atom stereocenters. The Morgan fingerprint density at radius 2 is 1.88 bits per heavy atom. The molecule has 0 aromatic carbocycles. The zero-order valence-electron chi connectivity index (χ0n) is 11.6. The molecule has 0 bridgehead atoms. The molecule has 17 heavy (non-hydrogen) atoms. The van der Waals surface area contributed by atoms with Crippen molar-refractivity contribution in [1.82, 2.24) is 4.90 Å². The standard InChI is InChI=1S/C13H26N2O2/c1-5-8-15-9-6-13(14,7-10-15)11(16)17-12(2,3)4/h5-10,14H2,1-4H3. The number of piperidine rings is 1. The van der Waals surface area contributed by atoms with Crippen molar-refractivity contribution in [3.8, 4) is 0 Å². The summed E-state index contributed by atoms with van der Waals surface area (Å²) in [6, 6.07) is 0. The van der Waals surface area contributed by atoms with Crippen LogP contribution in [0.4, 0.5) is 0 Å². The predicted molar refractivity (Wildman–Crippen MR) is 68.7 cm³/mol. The molecule has 1 saturated heterocycles. The molecule has 0 spiro atoms. The lowest BCUT2D eigenvalue weighted by Crippen LogP contribution is -2.57. The molecule has 1 heterocycles. The smallest absolute Gasteiger partial charge is 0.326 e. The highest BCUT2D eigenvalue weighted by Gasteiger charge is 2.40. The predicted octanol–water partition coefficient (Wildman–Crippen LogP) is 1.53. The van der Waals surface area contributed by atoms with Crippen molar-refractivity contribution in [3.05, 3.63) is 0 Å². The first kappa shape index (κ1) is 14.5. The Balaban J connectivity index is 2.51. The SMILES string of the molecule is CCCN1CCC(N)(C(=O)OC(C)(C)C)CC1. The molecular weight excluding hydrogens is 216 g/mol. The van der Waals surface area contributed by atoms with Gasteiger partial charge in [0.25, 0.3) is 0 Å². The normalized spacial score (nSPS) is 21.2. The maximum atomic E-state index is 12.0. The van der Waals surface area contributed by atoms with Crippen LogP contribution in [0.1, 0.15) is 47.0 Å². The number of hydrogen-bond donors (Lipinski definition) is 1. The highest BCUT2D eigenvalue weighted by Crippen LogP contribution is 2.23. The third-order valence-corrected chi connectivity index (χ3v) is 3.09. The molecule has 4 heteroatoms. The van der Waals surface area contributed by atoms with Gasteiger partial charge < -0.3 is 15.4 Å². The van der Waals surface area contributed by atoms with Crippen molar-refractivity contribution in [2.45, 2.75) is 58.1 Å². The van der Waals surface area contributed by atoms with E-state index in [2.05, 4.69) is 11.8 Å². The molecule has 0 radical (unpaired) electrons. The van der Waals surface area contributed by atoms with Crippen molar-refractivity contribution in [2.75, 3.05) is 19.6 Å². The number of ether oxygens (including phenoxy) is 1. The summed E-state index contributed by atoms with van der Waals surface area (Å²) in [4.78, 5) is 14.4. The van der Waals surface area contributed by atoms with Crippen molar-refractivity contribution in [2.24, 2.45) is 5.73 Å². The van der Waals surface area contributed by atoms with E-state index in [0.29, 0.717) is 12.8 Å². The lowest BCUT2D eigenvalue weighted by Gasteiger charge is -2.38. The van der Waals surface area contributed by atoms with Gasteiger partial charge in [-0.2, -0.15) is 0 Å². The zero-order chi connectivity index (χ0) is 13.1. The number of likely N-dealkylation sites (tertiary alicyclic amines) is 1. The minimum atomic E-state index is -0.780. The molecule has 1 fully saturated rings. The van der Waals surface area contributed by atoms with E-state index in [1.165, 1.54) is 0 Å². The zero-order valence-corrected chi connectivity index (χ0v) is 11.6. The summed E-state index contributed by atoms with van der Waals surface area (Å²) in [6.07, 6.45) is 2.54. The number of carbonyl (C=O) groups excluding carboxylic acids is 1. The van der Waals surface area contributed by atoms with Crippen LogP contribution in [0.5, 0.6) is 0 Å². The summed E-state index contributed by atoms with van der Waals surface area (Å²) in [6.45, 7) is 10.7. The van der Waals surface area contributed by atoms with E-state index in [0.717, 1.165) is 26.1 Å². The first-order valence-corrected chi connectivity index (χ1v) is 6.51. The molecule has 0 aromatic heterocycles. The van der Waals surface area contributed by atoms with Gasteiger partial charge in [-0.15, -0.1) is 0 Å². The van der Waals surface area contributed by atoms with E-state index >= 15 is 0 Å². The molecule has 0 aromatic rings. The van der Waals surface area contributed by atoms with E-state index < -0.39 is 11.1 Å². The average molecular weight is 242 g/mol. The Hall–Kier alpha value is -0.610. The summed E-state index contributed by atoms with van der Waals surface area (Å²) in [5, 5.41) is 0. The summed E-state index contributed by atoms with van der Waals surface area (Å²) < 4.78 is 5.39. The molecule has 100 valence electrons. The quantitative estimate of drug-likeness (QED) is 0.763. The lowest BCUT2D eigenvalue weighted by atomic mass is 9.88. The van der Waals surface area contributed by atoms with E-state index in [4.69, 9.17) is 10.5 Å². The van der Waals surface area contributed by atoms with Crippen LogP contribution in [0.3, 0.4) is 0 Å². The van der Waals surface area contributed by atoms with Crippen LogP contribution in [0.15, 0.2) is 0 Å². The summed E-state index contributed by atoms with van der Waals surface area (Å²) in [7, 11) is 0. The summed E-state index contributed by atoms with van der Waals surface area (Å²) in [5.74, 6) is -0.249. The largest absolute Gasteiger partial charge is 0.459 e. The molecule has 1 aliphatic heterocycles. The molecule has 0 aliphatic carbocycles. The fourth-order valence-corrected chi connectivity index (χ4v) is 2.08. The van der Waals surface area contributed by atoms with Gasteiger partial charge in [0.05, 0.1) is 0 Å². The Kier molecular flexibility index (Phi) is 4.55. The van der Waals surface area contributed by atoms with Crippen LogP contribution in [0, 0.1) is 0 Å². The van der Waals surface area contributed by atoms with Crippen LogP contribution in [0.2, 0.25) is 0 Å². The topological polar surface area (TPSA) is 55.6 Å². The second kappa shape index (κ2) is 5.36. The van der Waals surface area contributed by atoms with Gasteiger partial charge in [-0.05, 0) is 46.6 Å². The van der Waals surface area contributed by atoms with Gasteiger partial charge >= 0.3 is 5.97 Å². The fraction of sp³-hybridized carbons (Fsp3) is 0.923. The maximum absolute atomic E-state index is 12.0. The summed E-state index contributed by atoms with van der Waals surface area (Å²) in [5.41, 5.74) is 4.93. The molecule has 0 unspecified atom stereocenters. The molecule has 0 saturated carbocycles. The Morgan fingerprint density at radius 1 is 1.35 bits per heavy atom. The van der Waals surface area contributed by atoms with Gasteiger partial charge in [0, 0.05) is 13.1 Å². The first-order chi connectivity index (χ1) is 7.77. The monoisotopic (exact) mass is 242 g/mol.